The standard InChI is InChI=1S/C10H7BrClN3O2/c1-5-13-9(10(16)17)14-15(5)6-2-3-7(11)8(12)4-6/h2-4H,1H3,(H,16,17). The average Bonchev–Trinajstić information content (AvgIpc) is 2.65. The molecule has 0 atom stereocenters. The SMILES string of the molecule is Cc1nc(C(=O)O)nn1-c1ccc(Br)c(Cl)c1. The van der Waals surface area contributed by atoms with Crippen LogP contribution in [0, 0.1) is 6.92 Å². The molecule has 0 unspecified atom stereocenters. The van der Waals surface area contributed by atoms with Crippen LogP contribution < -0.4 is 0 Å². The van der Waals surface area contributed by atoms with Gasteiger partial charge in [-0.3, -0.25) is 0 Å². The number of halogens is 2. The highest BCUT2D eigenvalue weighted by molar-refractivity contribution is 9.10. The van der Waals surface area contributed by atoms with Crippen LogP contribution in [0.5, 0.6) is 0 Å². The number of carbonyl (C=O) groups is 1. The molecule has 0 aliphatic carbocycles. The van der Waals surface area contributed by atoms with Gasteiger partial charge in [-0.2, -0.15) is 0 Å². The Kier molecular flexibility index (Phi) is 3.17. The molecule has 0 spiro atoms. The number of hydrogen-bond donors (Lipinski definition) is 1. The second-order valence-corrected chi connectivity index (χ2v) is 4.56. The minimum Gasteiger partial charge on any atom is -0.475 e. The summed E-state index contributed by atoms with van der Waals surface area (Å²) in [7, 11) is 0. The maximum absolute atomic E-state index is 10.7. The van der Waals surface area contributed by atoms with Crippen LogP contribution in [-0.4, -0.2) is 25.8 Å². The molecular formula is C10H7BrClN3O2. The van der Waals surface area contributed by atoms with E-state index in [0.717, 1.165) is 4.47 Å². The van der Waals surface area contributed by atoms with Crippen molar-refractivity contribution in [3.05, 3.63) is 39.3 Å². The molecule has 1 heterocycles. The molecule has 1 N–H and O–H groups in total. The summed E-state index contributed by atoms with van der Waals surface area (Å²) in [5.41, 5.74) is 0.663. The number of nitrogens with zero attached hydrogens (tertiary/aromatic N) is 3. The fraction of sp³-hybridized carbons (Fsp3) is 0.100. The van der Waals surface area contributed by atoms with E-state index >= 15 is 0 Å². The van der Waals surface area contributed by atoms with Crippen molar-refractivity contribution in [2.45, 2.75) is 6.92 Å². The van der Waals surface area contributed by atoms with Crippen molar-refractivity contribution in [3.8, 4) is 5.69 Å². The van der Waals surface area contributed by atoms with Gasteiger partial charge in [0.05, 0.1) is 10.7 Å². The molecular weight excluding hydrogens is 309 g/mol. The van der Waals surface area contributed by atoms with E-state index in [0.29, 0.717) is 16.5 Å². The van der Waals surface area contributed by atoms with Gasteiger partial charge in [-0.05, 0) is 41.1 Å². The lowest BCUT2D eigenvalue weighted by atomic mass is 10.3. The van der Waals surface area contributed by atoms with Gasteiger partial charge in [0, 0.05) is 4.47 Å². The summed E-state index contributed by atoms with van der Waals surface area (Å²) in [5, 5.41) is 13.2. The van der Waals surface area contributed by atoms with Gasteiger partial charge in [0.15, 0.2) is 0 Å². The van der Waals surface area contributed by atoms with Crippen LogP contribution >= 0.6 is 27.5 Å². The molecule has 0 radical (unpaired) electrons. The number of rotatable bonds is 2. The van der Waals surface area contributed by atoms with Gasteiger partial charge in [0.2, 0.25) is 0 Å². The number of aromatic nitrogens is 3. The normalized spacial score (nSPS) is 10.5. The summed E-state index contributed by atoms with van der Waals surface area (Å²) in [6, 6.07) is 5.21. The highest BCUT2D eigenvalue weighted by atomic mass is 79.9. The van der Waals surface area contributed by atoms with Gasteiger partial charge < -0.3 is 5.11 Å². The van der Waals surface area contributed by atoms with Gasteiger partial charge in [-0.15, -0.1) is 5.10 Å². The first-order chi connectivity index (χ1) is 7.99. The number of aromatic carboxylic acids is 1. The molecule has 0 amide bonds. The third kappa shape index (κ3) is 2.32. The lowest BCUT2D eigenvalue weighted by Gasteiger charge is -2.04. The Morgan fingerprint density at radius 3 is 2.76 bits per heavy atom. The van der Waals surface area contributed by atoms with Gasteiger partial charge in [-0.25, -0.2) is 14.5 Å². The first kappa shape index (κ1) is 12.1. The molecule has 0 saturated carbocycles. The lowest BCUT2D eigenvalue weighted by Crippen LogP contribution is -2.02. The summed E-state index contributed by atoms with van der Waals surface area (Å²) in [6.45, 7) is 1.68. The van der Waals surface area contributed by atoms with Crippen LogP contribution in [0.15, 0.2) is 22.7 Å². The van der Waals surface area contributed by atoms with Crippen LogP contribution in [0.2, 0.25) is 5.02 Å². The van der Waals surface area contributed by atoms with Crippen LogP contribution in [0.25, 0.3) is 5.69 Å². The molecule has 0 saturated heterocycles. The molecule has 5 nitrogen and oxygen atoms in total. The van der Waals surface area contributed by atoms with Crippen molar-refractivity contribution >= 4 is 33.5 Å². The summed E-state index contributed by atoms with van der Waals surface area (Å²) >= 11 is 9.24. The Balaban J connectivity index is 2.52. The molecule has 2 rings (SSSR count). The Labute approximate surface area is 110 Å². The van der Waals surface area contributed by atoms with Crippen molar-refractivity contribution in [2.75, 3.05) is 0 Å². The lowest BCUT2D eigenvalue weighted by molar-refractivity contribution is 0.0683. The smallest absolute Gasteiger partial charge is 0.375 e. The molecule has 0 aliphatic rings. The number of hydrogen-bond acceptors (Lipinski definition) is 3. The van der Waals surface area contributed by atoms with E-state index in [9.17, 15) is 4.79 Å². The third-order valence-electron chi connectivity index (χ3n) is 2.11. The zero-order valence-electron chi connectivity index (χ0n) is 8.69. The zero-order chi connectivity index (χ0) is 12.6. The van der Waals surface area contributed by atoms with Crippen molar-refractivity contribution in [2.24, 2.45) is 0 Å². The van der Waals surface area contributed by atoms with Crippen molar-refractivity contribution in [1.82, 2.24) is 14.8 Å². The van der Waals surface area contributed by atoms with Crippen molar-refractivity contribution in [1.29, 1.82) is 0 Å². The Morgan fingerprint density at radius 2 is 2.24 bits per heavy atom. The van der Waals surface area contributed by atoms with Gasteiger partial charge >= 0.3 is 5.97 Å². The fourth-order valence-corrected chi connectivity index (χ4v) is 1.76. The molecule has 17 heavy (non-hydrogen) atoms. The molecule has 0 fully saturated rings. The molecule has 7 heteroatoms. The first-order valence-corrected chi connectivity index (χ1v) is 5.78. The van der Waals surface area contributed by atoms with E-state index < -0.39 is 5.97 Å². The zero-order valence-corrected chi connectivity index (χ0v) is 11.0. The summed E-state index contributed by atoms with van der Waals surface area (Å²) < 4.78 is 2.20. The summed E-state index contributed by atoms with van der Waals surface area (Å²) in [4.78, 5) is 14.6. The predicted molar refractivity (Wildman–Crippen MR) is 65.8 cm³/mol. The third-order valence-corrected chi connectivity index (χ3v) is 3.34. The molecule has 88 valence electrons. The molecule has 0 bridgehead atoms. The molecule has 1 aromatic carbocycles. The maximum Gasteiger partial charge on any atom is 0.375 e. The average molecular weight is 317 g/mol. The number of aryl methyl sites for hydroxylation is 1. The monoisotopic (exact) mass is 315 g/mol. The minimum absolute atomic E-state index is 0.235. The van der Waals surface area contributed by atoms with E-state index in [4.69, 9.17) is 16.7 Å². The predicted octanol–water partition coefficient (Wildman–Crippen LogP) is 2.69. The molecule has 1 aromatic heterocycles. The topological polar surface area (TPSA) is 68.0 Å². The van der Waals surface area contributed by atoms with E-state index in [1.54, 1.807) is 25.1 Å². The van der Waals surface area contributed by atoms with Crippen LogP contribution in [-0.2, 0) is 0 Å². The Hall–Kier alpha value is -1.40. The number of benzene rings is 1. The highest BCUT2D eigenvalue weighted by Gasteiger charge is 2.14. The molecule has 2 aromatic rings. The second kappa shape index (κ2) is 4.46. The fourth-order valence-electron chi connectivity index (χ4n) is 1.34. The largest absolute Gasteiger partial charge is 0.475 e. The number of carboxylic acids is 1. The Bertz CT molecular complexity index is 597. The second-order valence-electron chi connectivity index (χ2n) is 3.30. The summed E-state index contributed by atoms with van der Waals surface area (Å²) in [5.74, 6) is -0.905. The van der Waals surface area contributed by atoms with E-state index in [-0.39, 0.29) is 5.82 Å². The quantitative estimate of drug-likeness (QED) is 0.925. The van der Waals surface area contributed by atoms with E-state index in [1.165, 1.54) is 4.68 Å². The number of carboxylic acid groups (broad SMARTS) is 1. The van der Waals surface area contributed by atoms with Crippen LogP contribution in [0.1, 0.15) is 16.4 Å². The Morgan fingerprint density at radius 1 is 1.53 bits per heavy atom. The van der Waals surface area contributed by atoms with Crippen molar-refractivity contribution < 1.29 is 9.90 Å². The van der Waals surface area contributed by atoms with Crippen LogP contribution in [0.4, 0.5) is 0 Å². The van der Waals surface area contributed by atoms with Crippen molar-refractivity contribution in [3.63, 3.8) is 0 Å². The van der Waals surface area contributed by atoms with Crippen LogP contribution in [0.3, 0.4) is 0 Å². The van der Waals surface area contributed by atoms with Gasteiger partial charge in [0.1, 0.15) is 5.82 Å². The first-order valence-electron chi connectivity index (χ1n) is 4.61. The minimum atomic E-state index is -1.16. The highest BCUT2D eigenvalue weighted by Crippen LogP contribution is 2.25. The van der Waals surface area contributed by atoms with E-state index in [1.807, 2.05) is 0 Å². The maximum atomic E-state index is 10.7. The van der Waals surface area contributed by atoms with Gasteiger partial charge in [-0.1, -0.05) is 11.6 Å². The van der Waals surface area contributed by atoms with Gasteiger partial charge in [0.25, 0.3) is 5.82 Å². The van der Waals surface area contributed by atoms with E-state index in [2.05, 4.69) is 26.0 Å². The molecule has 0 aliphatic heterocycles. The summed E-state index contributed by atoms with van der Waals surface area (Å²) in [6.07, 6.45) is 0.